The predicted octanol–water partition coefficient (Wildman–Crippen LogP) is 1.24. The fourth-order valence-electron chi connectivity index (χ4n) is 1.39. The smallest absolute Gasteiger partial charge is 0.322 e. The van der Waals surface area contributed by atoms with Crippen molar-refractivity contribution in [1.29, 1.82) is 5.26 Å². The third-order valence-corrected chi connectivity index (χ3v) is 2.37. The van der Waals surface area contributed by atoms with Crippen molar-refractivity contribution in [2.75, 3.05) is 13.7 Å². The molecule has 0 saturated heterocycles. The van der Waals surface area contributed by atoms with Gasteiger partial charge in [0.05, 0.1) is 7.11 Å². The van der Waals surface area contributed by atoms with Crippen molar-refractivity contribution in [3.8, 4) is 11.8 Å². The summed E-state index contributed by atoms with van der Waals surface area (Å²) in [5.74, 6) is 0.341. The number of rotatable bonds is 6. The lowest BCUT2D eigenvalue weighted by atomic mass is 10.2. The van der Waals surface area contributed by atoms with Gasteiger partial charge in [-0.1, -0.05) is 12.1 Å². The molecule has 0 aliphatic rings. The second-order valence-corrected chi connectivity index (χ2v) is 3.72. The minimum absolute atomic E-state index is 0.0233. The van der Waals surface area contributed by atoms with Crippen LogP contribution in [0.25, 0.3) is 0 Å². The molecule has 0 fully saturated rings. The normalized spacial score (nSPS) is 11.4. The van der Waals surface area contributed by atoms with Crippen molar-refractivity contribution in [3.63, 3.8) is 0 Å². The maximum absolute atomic E-state index is 11.2. The van der Waals surface area contributed by atoms with Gasteiger partial charge >= 0.3 is 5.97 Å². The molecule has 1 unspecified atom stereocenters. The van der Waals surface area contributed by atoms with E-state index in [2.05, 4.69) is 10.1 Å². The van der Waals surface area contributed by atoms with Gasteiger partial charge in [0.2, 0.25) is 0 Å². The minimum atomic E-state index is -0.362. The van der Waals surface area contributed by atoms with Crippen LogP contribution in [0.1, 0.15) is 12.5 Å². The third kappa shape index (κ3) is 4.44. The summed E-state index contributed by atoms with van der Waals surface area (Å²) in [5, 5.41) is 11.5. The first-order chi connectivity index (χ1) is 8.67. The van der Waals surface area contributed by atoms with E-state index in [4.69, 9.17) is 10.00 Å². The van der Waals surface area contributed by atoms with Crippen LogP contribution in [0, 0.1) is 11.3 Å². The molecule has 0 heterocycles. The lowest BCUT2D eigenvalue weighted by Crippen LogP contribution is -2.34. The maximum Gasteiger partial charge on any atom is 0.322 e. The number of hydrogen-bond donors (Lipinski definition) is 1. The van der Waals surface area contributed by atoms with E-state index in [1.807, 2.05) is 24.3 Å². The molecule has 5 nitrogen and oxygen atoms in total. The van der Waals surface area contributed by atoms with E-state index < -0.39 is 0 Å². The van der Waals surface area contributed by atoms with Crippen LogP contribution in [0.15, 0.2) is 24.3 Å². The van der Waals surface area contributed by atoms with E-state index in [0.29, 0.717) is 12.3 Å². The first-order valence-electron chi connectivity index (χ1n) is 5.57. The van der Waals surface area contributed by atoms with Gasteiger partial charge in [-0.05, 0) is 24.6 Å². The van der Waals surface area contributed by atoms with E-state index in [1.54, 1.807) is 13.0 Å². The number of carbonyl (C=O) groups is 1. The summed E-state index contributed by atoms with van der Waals surface area (Å²) >= 11 is 0. The van der Waals surface area contributed by atoms with Crippen LogP contribution >= 0.6 is 0 Å². The van der Waals surface area contributed by atoms with E-state index in [0.717, 1.165) is 5.56 Å². The van der Waals surface area contributed by atoms with Crippen molar-refractivity contribution in [3.05, 3.63) is 29.8 Å². The number of nitriles is 1. The van der Waals surface area contributed by atoms with Gasteiger partial charge < -0.3 is 14.8 Å². The number of benzene rings is 1. The molecule has 0 aliphatic carbocycles. The van der Waals surface area contributed by atoms with Gasteiger partial charge in [0.25, 0.3) is 0 Å². The number of esters is 1. The standard InChI is InChI=1S/C13H16N2O3/c1-10(13(16)17-2)15-9-11-4-3-5-12(8-11)18-7-6-14/h3-5,8,10,15H,7,9H2,1-2H3. The summed E-state index contributed by atoms with van der Waals surface area (Å²) in [6, 6.07) is 8.91. The van der Waals surface area contributed by atoms with Crippen LogP contribution in [-0.4, -0.2) is 25.7 Å². The summed E-state index contributed by atoms with van der Waals surface area (Å²) in [7, 11) is 1.36. The molecule has 1 atom stereocenters. The van der Waals surface area contributed by atoms with Gasteiger partial charge in [0.15, 0.2) is 6.61 Å². The van der Waals surface area contributed by atoms with Crippen LogP contribution < -0.4 is 10.1 Å². The van der Waals surface area contributed by atoms with Crippen LogP contribution in [0.2, 0.25) is 0 Å². The molecule has 5 heteroatoms. The van der Waals surface area contributed by atoms with Crippen LogP contribution in [0.3, 0.4) is 0 Å². The van der Waals surface area contributed by atoms with Crippen LogP contribution in [0.5, 0.6) is 5.75 Å². The quantitative estimate of drug-likeness (QED) is 0.767. The van der Waals surface area contributed by atoms with Crippen molar-refractivity contribution in [1.82, 2.24) is 5.32 Å². The zero-order chi connectivity index (χ0) is 13.4. The lowest BCUT2D eigenvalue weighted by Gasteiger charge is -2.12. The minimum Gasteiger partial charge on any atom is -0.479 e. The highest BCUT2D eigenvalue weighted by molar-refractivity contribution is 5.75. The Labute approximate surface area is 106 Å². The Hall–Kier alpha value is -2.06. The average molecular weight is 248 g/mol. The van der Waals surface area contributed by atoms with Gasteiger partial charge in [0.1, 0.15) is 17.9 Å². The van der Waals surface area contributed by atoms with Gasteiger partial charge in [0, 0.05) is 6.54 Å². The van der Waals surface area contributed by atoms with Crippen LogP contribution in [0.4, 0.5) is 0 Å². The molecular weight excluding hydrogens is 232 g/mol. The molecule has 0 saturated carbocycles. The van der Waals surface area contributed by atoms with Crippen molar-refractivity contribution < 1.29 is 14.3 Å². The first kappa shape index (κ1) is 14.0. The second kappa shape index (κ2) is 7.30. The fraction of sp³-hybridized carbons (Fsp3) is 0.385. The molecule has 0 bridgehead atoms. The zero-order valence-electron chi connectivity index (χ0n) is 10.5. The molecule has 1 aromatic rings. The molecule has 0 amide bonds. The summed E-state index contributed by atoms with van der Waals surface area (Å²) in [6.07, 6.45) is 0. The molecule has 18 heavy (non-hydrogen) atoms. The second-order valence-electron chi connectivity index (χ2n) is 3.72. The van der Waals surface area contributed by atoms with E-state index in [9.17, 15) is 4.79 Å². The topological polar surface area (TPSA) is 71.3 Å². The average Bonchev–Trinajstić information content (AvgIpc) is 2.42. The number of nitrogens with one attached hydrogen (secondary N) is 1. The highest BCUT2D eigenvalue weighted by atomic mass is 16.5. The largest absolute Gasteiger partial charge is 0.479 e. The molecule has 96 valence electrons. The summed E-state index contributed by atoms with van der Waals surface area (Å²) in [6.45, 7) is 2.29. The Morgan fingerprint density at radius 1 is 1.56 bits per heavy atom. The number of methoxy groups -OCH3 is 1. The number of carbonyl (C=O) groups excluding carboxylic acids is 1. The number of ether oxygens (including phenoxy) is 2. The van der Waals surface area contributed by atoms with E-state index >= 15 is 0 Å². The molecular formula is C13H16N2O3. The Morgan fingerprint density at radius 2 is 2.33 bits per heavy atom. The predicted molar refractivity (Wildman–Crippen MR) is 65.9 cm³/mol. The Morgan fingerprint density at radius 3 is 3.00 bits per heavy atom. The number of hydrogen-bond acceptors (Lipinski definition) is 5. The molecule has 1 aromatic carbocycles. The number of nitrogens with zero attached hydrogens (tertiary/aromatic N) is 1. The molecule has 0 aliphatic heterocycles. The first-order valence-corrected chi connectivity index (χ1v) is 5.57. The maximum atomic E-state index is 11.2. The highest BCUT2D eigenvalue weighted by Gasteiger charge is 2.11. The molecule has 1 N–H and O–H groups in total. The lowest BCUT2D eigenvalue weighted by molar-refractivity contribution is -0.142. The molecule has 1 rings (SSSR count). The van der Waals surface area contributed by atoms with Crippen molar-refractivity contribution in [2.45, 2.75) is 19.5 Å². The SMILES string of the molecule is COC(=O)C(C)NCc1cccc(OCC#N)c1. The molecule has 0 spiro atoms. The highest BCUT2D eigenvalue weighted by Crippen LogP contribution is 2.13. The van der Waals surface area contributed by atoms with Gasteiger partial charge in [-0.25, -0.2) is 0 Å². The Balaban J connectivity index is 2.52. The third-order valence-electron chi connectivity index (χ3n) is 2.37. The van der Waals surface area contributed by atoms with Crippen molar-refractivity contribution in [2.24, 2.45) is 0 Å². The van der Waals surface area contributed by atoms with Crippen LogP contribution in [-0.2, 0) is 16.1 Å². The Bertz CT molecular complexity index is 440. The summed E-state index contributed by atoms with van der Waals surface area (Å²) < 4.78 is 9.81. The monoisotopic (exact) mass is 248 g/mol. The van der Waals surface area contributed by atoms with Gasteiger partial charge in [-0.15, -0.1) is 0 Å². The Kier molecular flexibility index (Phi) is 5.68. The van der Waals surface area contributed by atoms with Gasteiger partial charge in [-0.3, -0.25) is 4.79 Å². The summed E-state index contributed by atoms with van der Waals surface area (Å²) in [5.41, 5.74) is 0.973. The van der Waals surface area contributed by atoms with Crippen molar-refractivity contribution >= 4 is 5.97 Å². The molecule has 0 radical (unpaired) electrons. The van der Waals surface area contributed by atoms with E-state index in [1.165, 1.54) is 7.11 Å². The molecule has 0 aromatic heterocycles. The van der Waals surface area contributed by atoms with Gasteiger partial charge in [-0.2, -0.15) is 5.26 Å². The fourth-order valence-corrected chi connectivity index (χ4v) is 1.39. The zero-order valence-corrected chi connectivity index (χ0v) is 10.5. The summed E-state index contributed by atoms with van der Waals surface area (Å²) in [4.78, 5) is 11.2. The van der Waals surface area contributed by atoms with E-state index in [-0.39, 0.29) is 18.6 Å².